The number of allylic oxidation sites excluding steroid dienone is 5. The monoisotopic (exact) mass is 260 g/mol. The van der Waals surface area contributed by atoms with Crippen LogP contribution in [0, 0.1) is 6.92 Å². The second-order valence-electron chi connectivity index (χ2n) is 3.96. The molecule has 0 aromatic heterocycles. The smallest absolute Gasteiger partial charge is 0.0188 e. The molecule has 0 spiro atoms. The molecular weight excluding hydrogens is 244 g/mol. The van der Waals surface area contributed by atoms with Gasteiger partial charge in [-0.05, 0) is 43.5 Å². The Morgan fingerprint density at radius 1 is 1.06 bits per heavy atom. The molecule has 0 nitrogen and oxygen atoms in total. The predicted octanol–water partition coefficient (Wildman–Crippen LogP) is 5.53. The van der Waals surface area contributed by atoms with E-state index in [1.165, 1.54) is 15.4 Å². The van der Waals surface area contributed by atoms with Crippen LogP contribution in [0.15, 0.2) is 64.4 Å². The Balaban J connectivity index is 1.97. The molecule has 0 radical (unpaired) electrons. The third kappa shape index (κ3) is 4.49. The number of benzene rings is 1. The van der Waals surface area contributed by atoms with E-state index in [0.29, 0.717) is 0 Å². The Labute approximate surface area is 111 Å². The van der Waals surface area contributed by atoms with Crippen LogP contribution in [0.25, 0.3) is 0 Å². The van der Waals surface area contributed by atoms with Crippen molar-refractivity contribution in [3.8, 4) is 0 Å². The molecule has 2 rings (SSSR count). The van der Waals surface area contributed by atoms with Crippen LogP contribution in [0.1, 0.15) is 18.4 Å². The van der Waals surface area contributed by atoms with E-state index >= 15 is 0 Å². The molecule has 0 atom stereocenters. The van der Waals surface area contributed by atoms with Crippen LogP contribution in [-0.4, -0.2) is 0 Å². The SMILES string of the molecule is Cc1cccc(SSC2=C/C=C\CC/C=C\2)c1. The molecule has 0 fully saturated rings. The van der Waals surface area contributed by atoms with Crippen molar-refractivity contribution in [1.82, 2.24) is 0 Å². The number of hydrogen-bond donors (Lipinski definition) is 0. The lowest BCUT2D eigenvalue weighted by atomic mass is 10.2. The lowest BCUT2D eigenvalue weighted by molar-refractivity contribution is 1.05. The average Bonchev–Trinajstić information content (AvgIpc) is 2.27. The van der Waals surface area contributed by atoms with E-state index in [4.69, 9.17) is 0 Å². The van der Waals surface area contributed by atoms with E-state index in [9.17, 15) is 0 Å². The van der Waals surface area contributed by atoms with Crippen molar-refractivity contribution < 1.29 is 0 Å². The summed E-state index contributed by atoms with van der Waals surface area (Å²) in [7, 11) is 3.64. The van der Waals surface area contributed by atoms with Gasteiger partial charge in [0.2, 0.25) is 0 Å². The van der Waals surface area contributed by atoms with Gasteiger partial charge in [-0.1, -0.05) is 58.0 Å². The van der Waals surface area contributed by atoms with Gasteiger partial charge in [0, 0.05) is 9.80 Å². The molecule has 2 heteroatoms. The summed E-state index contributed by atoms with van der Waals surface area (Å²) in [4.78, 5) is 2.63. The zero-order chi connectivity index (χ0) is 11.9. The highest BCUT2D eigenvalue weighted by Crippen LogP contribution is 2.37. The fourth-order valence-corrected chi connectivity index (χ4v) is 3.59. The molecule has 0 saturated carbocycles. The topological polar surface area (TPSA) is 0 Å². The van der Waals surface area contributed by atoms with Crippen molar-refractivity contribution >= 4 is 21.6 Å². The van der Waals surface area contributed by atoms with Gasteiger partial charge in [0.05, 0.1) is 0 Å². The number of rotatable bonds is 3. The van der Waals surface area contributed by atoms with Gasteiger partial charge < -0.3 is 0 Å². The molecule has 0 unspecified atom stereocenters. The lowest BCUT2D eigenvalue weighted by Crippen LogP contribution is -1.75. The molecule has 1 aromatic rings. The second kappa shape index (κ2) is 6.77. The summed E-state index contributed by atoms with van der Waals surface area (Å²) < 4.78 is 0. The van der Waals surface area contributed by atoms with Crippen LogP contribution < -0.4 is 0 Å². The minimum absolute atomic E-state index is 1.14. The molecule has 0 amide bonds. The molecule has 88 valence electrons. The Bertz CT molecular complexity index is 456. The third-order valence-electron chi connectivity index (χ3n) is 2.40. The van der Waals surface area contributed by atoms with Crippen LogP contribution in [-0.2, 0) is 0 Å². The number of hydrogen-bond acceptors (Lipinski definition) is 2. The Morgan fingerprint density at radius 2 is 1.94 bits per heavy atom. The largest absolute Gasteiger partial charge is 0.0842 e. The molecule has 0 saturated heterocycles. The molecule has 0 aliphatic heterocycles. The van der Waals surface area contributed by atoms with Gasteiger partial charge in [0.1, 0.15) is 0 Å². The van der Waals surface area contributed by atoms with Gasteiger partial charge in [-0.3, -0.25) is 0 Å². The van der Waals surface area contributed by atoms with Gasteiger partial charge in [0.15, 0.2) is 0 Å². The minimum atomic E-state index is 1.14. The summed E-state index contributed by atoms with van der Waals surface area (Å²) in [5, 5.41) is 0. The van der Waals surface area contributed by atoms with Crippen molar-refractivity contribution in [1.29, 1.82) is 0 Å². The van der Waals surface area contributed by atoms with Crippen LogP contribution in [0.4, 0.5) is 0 Å². The van der Waals surface area contributed by atoms with E-state index in [1.807, 2.05) is 21.6 Å². The lowest BCUT2D eigenvalue weighted by Gasteiger charge is -2.03. The quantitative estimate of drug-likeness (QED) is 0.656. The molecular formula is C15H16S2. The normalized spacial score (nSPS) is 22.1. The first kappa shape index (κ1) is 12.6. The summed E-state index contributed by atoms with van der Waals surface area (Å²) >= 11 is 0. The molecule has 1 aromatic carbocycles. The highest BCUT2D eigenvalue weighted by molar-refractivity contribution is 8.78. The molecule has 17 heavy (non-hydrogen) atoms. The van der Waals surface area contributed by atoms with Gasteiger partial charge in [-0.2, -0.15) is 0 Å². The van der Waals surface area contributed by atoms with Crippen LogP contribution in [0.2, 0.25) is 0 Å². The Kier molecular flexibility index (Phi) is 5.02. The van der Waals surface area contributed by atoms with Crippen molar-refractivity contribution in [2.75, 3.05) is 0 Å². The standard InChI is InChI=1S/C15H16S2/c1-13-8-7-11-15(12-13)17-16-14-9-5-3-2-4-6-10-14/h3,5-12H,2,4H2,1H3/b5-3-,10-6-,14-9+. The van der Waals surface area contributed by atoms with Gasteiger partial charge in [-0.15, -0.1) is 0 Å². The summed E-state index contributed by atoms with van der Waals surface area (Å²) in [6.45, 7) is 2.13. The minimum Gasteiger partial charge on any atom is -0.0842 e. The van der Waals surface area contributed by atoms with Gasteiger partial charge in [-0.25, -0.2) is 0 Å². The Morgan fingerprint density at radius 3 is 2.82 bits per heavy atom. The third-order valence-corrected chi connectivity index (χ3v) is 4.80. The van der Waals surface area contributed by atoms with Crippen molar-refractivity contribution in [3.63, 3.8) is 0 Å². The van der Waals surface area contributed by atoms with E-state index < -0.39 is 0 Å². The fourth-order valence-electron chi connectivity index (χ4n) is 1.53. The molecule has 0 heterocycles. The first-order valence-electron chi connectivity index (χ1n) is 5.79. The van der Waals surface area contributed by atoms with E-state index in [0.717, 1.165) is 12.8 Å². The highest BCUT2D eigenvalue weighted by Gasteiger charge is 1.98. The summed E-state index contributed by atoms with van der Waals surface area (Å²) in [6.07, 6.45) is 13.3. The Hall–Kier alpha value is -0.860. The van der Waals surface area contributed by atoms with E-state index in [-0.39, 0.29) is 0 Å². The van der Waals surface area contributed by atoms with Crippen molar-refractivity contribution in [2.24, 2.45) is 0 Å². The fraction of sp³-hybridized carbons (Fsp3) is 0.200. The van der Waals surface area contributed by atoms with E-state index in [2.05, 4.69) is 61.6 Å². The second-order valence-corrected chi connectivity index (χ2v) is 6.24. The first-order chi connectivity index (χ1) is 8.34. The van der Waals surface area contributed by atoms with Gasteiger partial charge >= 0.3 is 0 Å². The summed E-state index contributed by atoms with van der Waals surface area (Å²) in [5.41, 5.74) is 1.32. The molecule has 1 aliphatic carbocycles. The molecule has 1 aliphatic rings. The zero-order valence-electron chi connectivity index (χ0n) is 9.93. The average molecular weight is 260 g/mol. The van der Waals surface area contributed by atoms with Crippen LogP contribution in [0.5, 0.6) is 0 Å². The summed E-state index contributed by atoms with van der Waals surface area (Å²) in [5.74, 6) is 0. The van der Waals surface area contributed by atoms with E-state index in [1.54, 1.807) is 0 Å². The zero-order valence-corrected chi connectivity index (χ0v) is 11.6. The van der Waals surface area contributed by atoms with Crippen molar-refractivity contribution in [2.45, 2.75) is 24.7 Å². The van der Waals surface area contributed by atoms with Gasteiger partial charge in [0.25, 0.3) is 0 Å². The number of aryl methyl sites for hydroxylation is 1. The highest BCUT2D eigenvalue weighted by atomic mass is 33.1. The maximum absolute atomic E-state index is 2.25. The van der Waals surface area contributed by atoms with Crippen LogP contribution >= 0.6 is 21.6 Å². The summed E-state index contributed by atoms with van der Waals surface area (Å²) in [6, 6.07) is 8.63. The van der Waals surface area contributed by atoms with Crippen LogP contribution in [0.3, 0.4) is 0 Å². The maximum Gasteiger partial charge on any atom is 0.0188 e. The first-order valence-corrected chi connectivity index (χ1v) is 7.94. The van der Waals surface area contributed by atoms with Crippen molar-refractivity contribution in [3.05, 3.63) is 65.1 Å². The maximum atomic E-state index is 2.25. The molecule has 0 N–H and O–H groups in total. The molecule has 0 bridgehead atoms. The predicted molar refractivity (Wildman–Crippen MR) is 80.2 cm³/mol.